The summed E-state index contributed by atoms with van der Waals surface area (Å²) in [6.45, 7) is -0.0931. The van der Waals surface area contributed by atoms with Gasteiger partial charge in [0.05, 0.1) is 11.3 Å². The number of pyridine rings is 1. The maximum atomic E-state index is 11.2. The first-order valence-electron chi connectivity index (χ1n) is 5.61. The molecule has 92 valence electrons. The van der Waals surface area contributed by atoms with Crippen LogP contribution in [0, 0.1) is 0 Å². The molecular weight excluding hydrogens is 230 g/mol. The molecule has 0 bridgehead atoms. The summed E-state index contributed by atoms with van der Waals surface area (Å²) in [5.74, 6) is -0.990. The molecule has 0 fully saturated rings. The summed E-state index contributed by atoms with van der Waals surface area (Å²) < 4.78 is 0. The van der Waals surface area contributed by atoms with Crippen LogP contribution in [0.2, 0.25) is 0 Å². The van der Waals surface area contributed by atoms with Crippen molar-refractivity contribution < 1.29 is 15.0 Å². The Balaban J connectivity index is 2.60. The molecule has 1 aromatic heterocycles. The molecule has 2 N–H and O–H groups in total. The molecule has 0 unspecified atom stereocenters. The van der Waals surface area contributed by atoms with E-state index >= 15 is 0 Å². The predicted molar refractivity (Wildman–Crippen MR) is 67.4 cm³/mol. The summed E-state index contributed by atoms with van der Waals surface area (Å²) >= 11 is 0. The normalized spacial score (nSPS) is 10.3. The molecule has 4 nitrogen and oxygen atoms in total. The van der Waals surface area contributed by atoms with Crippen LogP contribution in [-0.4, -0.2) is 27.8 Å². The van der Waals surface area contributed by atoms with Crippen LogP contribution >= 0.6 is 0 Å². The van der Waals surface area contributed by atoms with Gasteiger partial charge in [0, 0.05) is 18.4 Å². The lowest BCUT2D eigenvalue weighted by atomic mass is 9.96. The lowest BCUT2D eigenvalue weighted by Gasteiger charge is -2.11. The fraction of sp³-hybridized carbons (Fsp3) is 0.143. The summed E-state index contributed by atoms with van der Waals surface area (Å²) in [7, 11) is 0. The van der Waals surface area contributed by atoms with E-state index in [2.05, 4.69) is 4.98 Å². The summed E-state index contributed by atoms with van der Waals surface area (Å²) in [5, 5.41) is 18.2. The van der Waals surface area contributed by atoms with E-state index < -0.39 is 5.97 Å². The molecule has 18 heavy (non-hydrogen) atoms. The van der Waals surface area contributed by atoms with Gasteiger partial charge in [-0.2, -0.15) is 0 Å². The van der Waals surface area contributed by atoms with Gasteiger partial charge in [-0.15, -0.1) is 0 Å². The minimum Gasteiger partial charge on any atom is -0.478 e. The molecule has 4 heteroatoms. The Morgan fingerprint density at radius 2 is 2.00 bits per heavy atom. The second kappa shape index (κ2) is 5.42. The van der Waals surface area contributed by atoms with Crippen molar-refractivity contribution >= 4 is 5.97 Å². The fourth-order valence-electron chi connectivity index (χ4n) is 1.93. The highest BCUT2D eigenvalue weighted by Gasteiger charge is 2.14. The Labute approximate surface area is 105 Å². The summed E-state index contributed by atoms with van der Waals surface area (Å²) in [6, 6.07) is 10.5. The summed E-state index contributed by atoms with van der Waals surface area (Å²) in [6.07, 6.45) is 1.96. The minimum atomic E-state index is -0.990. The number of benzene rings is 1. The van der Waals surface area contributed by atoms with Gasteiger partial charge in [-0.05, 0) is 30.2 Å². The quantitative estimate of drug-likeness (QED) is 0.861. The van der Waals surface area contributed by atoms with Gasteiger partial charge >= 0.3 is 5.97 Å². The average molecular weight is 243 g/mol. The van der Waals surface area contributed by atoms with Crippen molar-refractivity contribution in [1.29, 1.82) is 0 Å². The van der Waals surface area contributed by atoms with Gasteiger partial charge in [0.1, 0.15) is 0 Å². The lowest BCUT2D eigenvalue weighted by molar-refractivity contribution is 0.0695. The molecule has 0 radical (unpaired) electrons. The minimum absolute atomic E-state index is 0.0931. The second-order valence-electron chi connectivity index (χ2n) is 3.83. The number of aromatic carboxylic acids is 1. The predicted octanol–water partition coefficient (Wildman–Crippen LogP) is 1.98. The Morgan fingerprint density at radius 3 is 2.61 bits per heavy atom. The van der Waals surface area contributed by atoms with E-state index in [-0.39, 0.29) is 12.2 Å². The monoisotopic (exact) mass is 243 g/mol. The van der Waals surface area contributed by atoms with E-state index in [1.165, 1.54) is 0 Å². The molecule has 0 aliphatic rings. The van der Waals surface area contributed by atoms with Crippen LogP contribution in [0.4, 0.5) is 0 Å². The molecule has 2 aromatic rings. The van der Waals surface area contributed by atoms with Crippen molar-refractivity contribution in [3.8, 4) is 11.3 Å². The number of aliphatic hydroxyl groups excluding tert-OH is 1. The van der Waals surface area contributed by atoms with Gasteiger partial charge in [0.2, 0.25) is 0 Å². The SMILES string of the molecule is O=C(O)c1cccc(-c2ccccn2)c1CCO. The van der Waals surface area contributed by atoms with Crippen molar-refractivity contribution in [3.05, 3.63) is 53.7 Å². The number of aromatic nitrogens is 1. The number of carboxylic acids is 1. The zero-order chi connectivity index (χ0) is 13.0. The van der Waals surface area contributed by atoms with Crippen LogP contribution in [-0.2, 0) is 6.42 Å². The number of carbonyl (C=O) groups is 1. The first kappa shape index (κ1) is 12.3. The molecule has 0 saturated heterocycles. The third-order valence-corrected chi connectivity index (χ3v) is 2.71. The molecule has 0 saturated carbocycles. The van der Waals surface area contributed by atoms with Crippen LogP contribution in [0.25, 0.3) is 11.3 Å². The molecule has 1 heterocycles. The number of aliphatic hydroxyl groups is 1. The lowest BCUT2D eigenvalue weighted by Crippen LogP contribution is -2.06. The van der Waals surface area contributed by atoms with Crippen molar-refractivity contribution in [1.82, 2.24) is 4.98 Å². The van der Waals surface area contributed by atoms with Gasteiger partial charge in [-0.1, -0.05) is 18.2 Å². The first-order chi connectivity index (χ1) is 8.74. The van der Waals surface area contributed by atoms with Gasteiger partial charge in [0.15, 0.2) is 0 Å². The molecular formula is C14H13NO3. The van der Waals surface area contributed by atoms with Crippen LogP contribution in [0.5, 0.6) is 0 Å². The highest BCUT2D eigenvalue weighted by Crippen LogP contribution is 2.25. The van der Waals surface area contributed by atoms with Crippen LogP contribution in [0.3, 0.4) is 0 Å². The van der Waals surface area contributed by atoms with Crippen molar-refractivity contribution in [2.45, 2.75) is 6.42 Å². The number of hydrogen-bond acceptors (Lipinski definition) is 3. The Bertz CT molecular complexity index is 552. The van der Waals surface area contributed by atoms with Crippen molar-refractivity contribution in [3.63, 3.8) is 0 Å². The van der Waals surface area contributed by atoms with E-state index in [4.69, 9.17) is 10.2 Å². The average Bonchev–Trinajstić information content (AvgIpc) is 2.40. The molecule has 0 atom stereocenters. The van der Waals surface area contributed by atoms with Crippen molar-refractivity contribution in [2.24, 2.45) is 0 Å². The summed E-state index contributed by atoms with van der Waals surface area (Å²) in [5.41, 5.74) is 2.30. The maximum Gasteiger partial charge on any atom is 0.335 e. The number of rotatable bonds is 4. The van der Waals surface area contributed by atoms with Crippen LogP contribution in [0.1, 0.15) is 15.9 Å². The molecule has 2 rings (SSSR count). The third kappa shape index (κ3) is 2.38. The molecule has 0 amide bonds. The van der Waals surface area contributed by atoms with E-state index in [1.54, 1.807) is 24.4 Å². The number of hydrogen-bond donors (Lipinski definition) is 2. The topological polar surface area (TPSA) is 70.4 Å². The standard InChI is InChI=1S/C14H13NO3/c16-9-7-10-11(13-6-1-2-8-15-13)4-3-5-12(10)14(17)18/h1-6,8,16H,7,9H2,(H,17,18). The number of carboxylic acid groups (broad SMARTS) is 1. The van der Waals surface area contributed by atoms with E-state index in [1.807, 2.05) is 18.2 Å². The van der Waals surface area contributed by atoms with E-state index in [9.17, 15) is 4.79 Å². The van der Waals surface area contributed by atoms with Crippen LogP contribution in [0.15, 0.2) is 42.6 Å². The molecule has 0 aliphatic carbocycles. The van der Waals surface area contributed by atoms with Gasteiger partial charge in [0.25, 0.3) is 0 Å². The first-order valence-corrected chi connectivity index (χ1v) is 5.61. The molecule has 1 aromatic carbocycles. The summed E-state index contributed by atoms with van der Waals surface area (Å²) in [4.78, 5) is 15.4. The highest BCUT2D eigenvalue weighted by atomic mass is 16.4. The van der Waals surface area contributed by atoms with Gasteiger partial charge in [-0.3, -0.25) is 4.98 Å². The molecule has 0 aliphatic heterocycles. The van der Waals surface area contributed by atoms with E-state index in [0.29, 0.717) is 17.7 Å². The van der Waals surface area contributed by atoms with Crippen LogP contribution < -0.4 is 0 Å². The zero-order valence-corrected chi connectivity index (χ0v) is 9.71. The second-order valence-corrected chi connectivity index (χ2v) is 3.83. The largest absolute Gasteiger partial charge is 0.478 e. The maximum absolute atomic E-state index is 11.2. The number of nitrogens with zero attached hydrogens (tertiary/aromatic N) is 1. The Kier molecular flexibility index (Phi) is 3.69. The van der Waals surface area contributed by atoms with Gasteiger partial charge in [-0.25, -0.2) is 4.79 Å². The third-order valence-electron chi connectivity index (χ3n) is 2.71. The Hall–Kier alpha value is -2.20. The molecule has 0 spiro atoms. The fourth-order valence-corrected chi connectivity index (χ4v) is 1.93. The Morgan fingerprint density at radius 1 is 1.17 bits per heavy atom. The van der Waals surface area contributed by atoms with Gasteiger partial charge < -0.3 is 10.2 Å². The van der Waals surface area contributed by atoms with E-state index in [0.717, 1.165) is 5.56 Å². The van der Waals surface area contributed by atoms with Crippen molar-refractivity contribution in [2.75, 3.05) is 6.61 Å². The zero-order valence-electron chi connectivity index (χ0n) is 9.71. The smallest absolute Gasteiger partial charge is 0.335 e. The highest BCUT2D eigenvalue weighted by molar-refractivity contribution is 5.92.